The normalized spacial score (nSPS) is 19.0. The van der Waals surface area contributed by atoms with E-state index in [0.29, 0.717) is 33.8 Å². The van der Waals surface area contributed by atoms with Gasteiger partial charge >= 0.3 is 0 Å². The van der Waals surface area contributed by atoms with Gasteiger partial charge in [0.15, 0.2) is 0 Å². The number of nitro benzene ring substituents is 1. The number of amides is 2. The maximum absolute atomic E-state index is 14.5. The van der Waals surface area contributed by atoms with Gasteiger partial charge in [-0.15, -0.1) is 0 Å². The van der Waals surface area contributed by atoms with E-state index in [1.165, 1.54) is 36.4 Å². The molecule has 3 N–H and O–H groups in total. The van der Waals surface area contributed by atoms with E-state index in [0.717, 1.165) is 20.8 Å². The monoisotopic (exact) mass is 857 g/mol. The van der Waals surface area contributed by atoms with Gasteiger partial charge in [-0.3, -0.25) is 24.7 Å². The number of anilines is 1. The highest BCUT2D eigenvalue weighted by Crippen LogP contribution is 2.48. The van der Waals surface area contributed by atoms with Crippen LogP contribution in [0.15, 0.2) is 139 Å². The van der Waals surface area contributed by atoms with Gasteiger partial charge in [0, 0.05) is 24.2 Å². The highest BCUT2D eigenvalue weighted by atomic mass is 35.5. The van der Waals surface area contributed by atoms with Crippen LogP contribution in [0.1, 0.15) is 51.3 Å². The van der Waals surface area contributed by atoms with Crippen molar-refractivity contribution in [3.8, 4) is 5.75 Å². The topological polar surface area (TPSA) is 163 Å². The second kappa shape index (κ2) is 18.1. The SMILES string of the molecule is CC(C)(C)[Si](OCC1=C([C@H](O)CC/C(=C/c2ccc(O)cc2Cl)c2ccccn2)[C@H](CO)[C@@H]2C(=O)N(c3cccc([N+](=O)[O-])c3)C(=O)[C@@H]2C1)(c1ccccc1)c1ccccc1. The number of phenols is 1. The van der Waals surface area contributed by atoms with Crippen molar-refractivity contribution >= 4 is 65.1 Å². The van der Waals surface area contributed by atoms with Crippen LogP contribution in [0.4, 0.5) is 11.4 Å². The number of carbonyl (C=O) groups is 2. The molecule has 0 bridgehead atoms. The van der Waals surface area contributed by atoms with Crippen LogP contribution in [0, 0.1) is 27.9 Å². The summed E-state index contributed by atoms with van der Waals surface area (Å²) in [6.45, 7) is 5.91. The Morgan fingerprint density at radius 2 is 1.62 bits per heavy atom. The second-order valence-electron chi connectivity index (χ2n) is 16.6. The van der Waals surface area contributed by atoms with E-state index in [2.05, 4.69) is 50.0 Å². The zero-order chi connectivity index (χ0) is 43.5. The number of rotatable bonds is 14. The highest BCUT2D eigenvalue weighted by molar-refractivity contribution is 6.99. The number of nitrogens with zero attached hydrogens (tertiary/aromatic N) is 3. The molecule has 2 heterocycles. The number of fused-ring (bicyclic) bond motifs is 1. The molecule has 0 spiro atoms. The molecule has 1 aromatic heterocycles. The lowest BCUT2D eigenvalue weighted by atomic mass is 9.68. The molecule has 1 aliphatic carbocycles. The third kappa shape index (κ3) is 8.59. The summed E-state index contributed by atoms with van der Waals surface area (Å²) in [5.41, 5.74) is 2.88. The molecule has 13 heteroatoms. The summed E-state index contributed by atoms with van der Waals surface area (Å²) in [7, 11) is -3.16. The number of imide groups is 1. The Labute approximate surface area is 360 Å². The number of carbonyl (C=O) groups excluding carboxylic acids is 2. The van der Waals surface area contributed by atoms with Crippen LogP contribution in [0.2, 0.25) is 10.1 Å². The summed E-state index contributed by atoms with van der Waals surface area (Å²) in [6, 6.07) is 35.7. The average molecular weight is 858 g/mol. The molecule has 4 aromatic carbocycles. The first kappa shape index (κ1) is 43.3. The number of hydrogen-bond acceptors (Lipinski definition) is 9. The standard InChI is InChI=1S/C48H48ClN3O8Si/c1-48(2,3)61(37-15-6-4-7-16-37,38-17-8-5-9-18-38)60-30-33-26-39-45(47(57)51(46(39)56)34-13-12-14-35(27-34)52(58)59)40(29-53)44(33)43(55)23-21-32(42-19-10-11-24-50-42)25-31-20-22-36(54)28-41(31)49/h4-20,22,24-25,27-28,39-40,43,45,53-55H,21,23,26,29-30H2,1-3H3/b32-25-/t39-,40+,43-,45-/m1/s1. The number of non-ortho nitro benzene ring substituents is 1. The van der Waals surface area contributed by atoms with Crippen molar-refractivity contribution in [2.75, 3.05) is 18.1 Å². The summed E-state index contributed by atoms with van der Waals surface area (Å²) >= 11 is 6.53. The molecule has 2 amide bonds. The zero-order valence-electron chi connectivity index (χ0n) is 34.1. The van der Waals surface area contributed by atoms with Gasteiger partial charge in [-0.05, 0) is 99.4 Å². The van der Waals surface area contributed by atoms with Crippen LogP contribution in [-0.4, -0.2) is 64.7 Å². The van der Waals surface area contributed by atoms with E-state index in [1.807, 2.05) is 54.6 Å². The number of hydrogen-bond donors (Lipinski definition) is 3. The number of phenolic OH excluding ortho intramolecular Hbond substituents is 1. The molecule has 2 aliphatic rings. The van der Waals surface area contributed by atoms with E-state index >= 15 is 0 Å². The predicted octanol–water partition coefficient (Wildman–Crippen LogP) is 7.72. The third-order valence-corrected chi connectivity index (χ3v) is 17.2. The van der Waals surface area contributed by atoms with Crippen molar-refractivity contribution in [1.82, 2.24) is 4.98 Å². The van der Waals surface area contributed by atoms with Crippen LogP contribution in [0.25, 0.3) is 11.6 Å². The average Bonchev–Trinajstić information content (AvgIpc) is 3.51. The number of halogens is 1. The lowest BCUT2D eigenvalue weighted by Crippen LogP contribution is -2.66. The van der Waals surface area contributed by atoms with Crippen LogP contribution >= 0.6 is 11.6 Å². The van der Waals surface area contributed by atoms with E-state index in [-0.39, 0.29) is 36.6 Å². The molecule has 1 saturated heterocycles. The Kier molecular flexibility index (Phi) is 12.8. The van der Waals surface area contributed by atoms with Crippen molar-refractivity contribution in [3.63, 3.8) is 0 Å². The Hall–Kier alpha value is -5.76. The summed E-state index contributed by atoms with van der Waals surface area (Å²) in [5, 5.41) is 47.4. The molecule has 4 atom stereocenters. The van der Waals surface area contributed by atoms with Crippen molar-refractivity contribution < 1.29 is 34.3 Å². The van der Waals surface area contributed by atoms with Gasteiger partial charge in [0.25, 0.3) is 14.0 Å². The van der Waals surface area contributed by atoms with Gasteiger partial charge in [-0.1, -0.05) is 105 Å². The van der Waals surface area contributed by atoms with E-state index in [4.69, 9.17) is 16.0 Å². The number of aromatic hydroxyl groups is 1. The van der Waals surface area contributed by atoms with E-state index in [1.54, 1.807) is 18.3 Å². The highest BCUT2D eigenvalue weighted by Gasteiger charge is 2.56. The zero-order valence-corrected chi connectivity index (χ0v) is 35.9. The summed E-state index contributed by atoms with van der Waals surface area (Å²) < 4.78 is 7.39. The number of nitro groups is 1. The molecule has 0 saturated carbocycles. The molecule has 1 fully saturated rings. The minimum Gasteiger partial charge on any atom is -0.508 e. The van der Waals surface area contributed by atoms with E-state index in [9.17, 15) is 35.0 Å². The van der Waals surface area contributed by atoms with Gasteiger partial charge in [0.2, 0.25) is 11.8 Å². The molecule has 11 nitrogen and oxygen atoms in total. The van der Waals surface area contributed by atoms with Crippen LogP contribution < -0.4 is 15.3 Å². The molecule has 0 radical (unpaired) electrons. The minimum atomic E-state index is -3.16. The molecule has 0 unspecified atom stereocenters. The maximum atomic E-state index is 14.5. The lowest BCUT2D eigenvalue weighted by molar-refractivity contribution is -0.384. The van der Waals surface area contributed by atoms with Gasteiger partial charge < -0.3 is 19.7 Å². The first-order valence-corrected chi connectivity index (χ1v) is 22.5. The van der Waals surface area contributed by atoms with Crippen molar-refractivity contribution in [3.05, 3.63) is 165 Å². The molecular weight excluding hydrogens is 810 g/mol. The van der Waals surface area contributed by atoms with Gasteiger partial charge in [-0.25, -0.2) is 4.90 Å². The molecule has 1 aliphatic heterocycles. The van der Waals surface area contributed by atoms with Gasteiger partial charge in [0.05, 0.1) is 52.5 Å². The van der Waals surface area contributed by atoms with Crippen molar-refractivity contribution in [2.24, 2.45) is 17.8 Å². The predicted molar refractivity (Wildman–Crippen MR) is 239 cm³/mol. The fourth-order valence-electron chi connectivity index (χ4n) is 9.14. The largest absolute Gasteiger partial charge is 0.508 e. The fourth-order valence-corrected chi connectivity index (χ4v) is 13.9. The van der Waals surface area contributed by atoms with Crippen LogP contribution in [-0.2, 0) is 14.0 Å². The van der Waals surface area contributed by atoms with Gasteiger partial charge in [-0.2, -0.15) is 0 Å². The Bertz CT molecular complexity index is 2440. The smallest absolute Gasteiger partial charge is 0.271 e. The number of pyridine rings is 1. The number of aliphatic hydroxyl groups is 2. The summed E-state index contributed by atoms with van der Waals surface area (Å²) in [5.74, 6) is -4.04. The minimum absolute atomic E-state index is 0.00370. The summed E-state index contributed by atoms with van der Waals surface area (Å²) in [6.07, 6.45) is 2.82. The number of aliphatic hydroxyl groups excluding tert-OH is 2. The maximum Gasteiger partial charge on any atom is 0.271 e. The third-order valence-electron chi connectivity index (χ3n) is 11.9. The molecule has 61 heavy (non-hydrogen) atoms. The summed E-state index contributed by atoms with van der Waals surface area (Å²) in [4.78, 5) is 45.6. The van der Waals surface area contributed by atoms with Crippen LogP contribution in [0.5, 0.6) is 5.75 Å². The molecule has 7 rings (SSSR count). The van der Waals surface area contributed by atoms with Crippen molar-refractivity contribution in [1.29, 1.82) is 0 Å². The molecular formula is C48H48ClN3O8Si. The Morgan fingerprint density at radius 1 is 0.951 bits per heavy atom. The molecule has 314 valence electrons. The first-order chi connectivity index (χ1) is 29.2. The van der Waals surface area contributed by atoms with Crippen molar-refractivity contribution in [2.45, 2.75) is 51.2 Å². The number of aromatic nitrogens is 1. The fraction of sp³-hybridized carbons (Fsp3) is 0.271. The quantitative estimate of drug-likeness (QED) is 0.0334. The Balaban J connectivity index is 1.32. The molecule has 5 aromatic rings. The first-order valence-electron chi connectivity index (χ1n) is 20.2. The lowest BCUT2D eigenvalue weighted by Gasteiger charge is -2.44. The Morgan fingerprint density at radius 3 is 2.21 bits per heavy atom. The van der Waals surface area contributed by atoms with Gasteiger partial charge in [0.1, 0.15) is 5.75 Å². The van der Waals surface area contributed by atoms with E-state index < -0.39 is 60.6 Å². The number of benzene rings is 4. The number of allylic oxidation sites excluding steroid dienone is 1. The second-order valence-corrected chi connectivity index (χ2v) is 21.3. The van der Waals surface area contributed by atoms with Crippen LogP contribution in [0.3, 0.4) is 0 Å².